The molecule has 0 radical (unpaired) electrons. The van der Waals surface area contributed by atoms with E-state index in [9.17, 15) is 24.0 Å². The molecule has 148 valence electrons. The molecule has 11 heteroatoms. The third kappa shape index (κ3) is 9.45. The van der Waals surface area contributed by atoms with Crippen molar-refractivity contribution in [3.63, 3.8) is 0 Å². The number of methoxy groups -OCH3 is 2. The van der Waals surface area contributed by atoms with Crippen molar-refractivity contribution in [1.82, 2.24) is 15.5 Å². The quantitative estimate of drug-likeness (QED) is 0.393. The third-order valence-electron chi connectivity index (χ3n) is 3.23. The summed E-state index contributed by atoms with van der Waals surface area (Å²) in [5.74, 6) is -3.44. The Kier molecular flexibility index (Phi) is 11.1. The molecule has 0 aliphatic rings. The van der Waals surface area contributed by atoms with Crippen LogP contribution in [-0.2, 0) is 28.7 Å². The molecule has 0 aliphatic carbocycles. The molecular formula is C15H25N3O8. The average molecular weight is 375 g/mol. The van der Waals surface area contributed by atoms with Crippen LogP contribution >= 0.6 is 0 Å². The van der Waals surface area contributed by atoms with Gasteiger partial charge in [-0.15, -0.1) is 0 Å². The number of carbonyl (C=O) groups is 5. The first-order valence-electron chi connectivity index (χ1n) is 7.93. The Hall–Kier alpha value is -2.85. The smallest absolute Gasteiger partial charge is 0.328 e. The summed E-state index contributed by atoms with van der Waals surface area (Å²) in [6.07, 6.45) is 1.81. The summed E-state index contributed by atoms with van der Waals surface area (Å²) in [6.45, 7) is 0.0575. The van der Waals surface area contributed by atoms with Crippen molar-refractivity contribution in [2.75, 3.05) is 33.9 Å². The Bertz CT molecular complexity index is 523. The second-order valence-corrected chi connectivity index (χ2v) is 5.27. The number of nitrogens with zero attached hydrogens (tertiary/aromatic N) is 1. The van der Waals surface area contributed by atoms with E-state index in [1.165, 1.54) is 7.11 Å². The van der Waals surface area contributed by atoms with E-state index >= 15 is 0 Å². The molecule has 0 saturated carbocycles. The molecule has 0 spiro atoms. The minimum atomic E-state index is -1.35. The van der Waals surface area contributed by atoms with E-state index in [4.69, 9.17) is 5.11 Å². The summed E-state index contributed by atoms with van der Waals surface area (Å²) >= 11 is 0. The number of hydrogen-bond acceptors (Lipinski definition) is 7. The fraction of sp³-hybridized carbons (Fsp3) is 0.667. The molecule has 0 aromatic carbocycles. The van der Waals surface area contributed by atoms with Crippen LogP contribution in [0.1, 0.15) is 26.2 Å². The van der Waals surface area contributed by atoms with E-state index in [1.54, 1.807) is 0 Å². The van der Waals surface area contributed by atoms with Gasteiger partial charge >= 0.3 is 23.9 Å². The number of ether oxygens (including phenoxy) is 2. The number of carboxylic acid groups (broad SMARTS) is 1. The second kappa shape index (κ2) is 12.5. The molecule has 3 amide bonds. The summed E-state index contributed by atoms with van der Waals surface area (Å²) < 4.78 is 8.96. The lowest BCUT2D eigenvalue weighted by molar-refractivity contribution is -0.145. The zero-order valence-corrected chi connectivity index (χ0v) is 15.1. The van der Waals surface area contributed by atoms with Crippen LogP contribution < -0.4 is 10.6 Å². The van der Waals surface area contributed by atoms with E-state index < -0.39 is 55.5 Å². The highest BCUT2D eigenvalue weighted by Crippen LogP contribution is 2.03. The maximum absolute atomic E-state index is 12.1. The zero-order valence-electron chi connectivity index (χ0n) is 15.1. The van der Waals surface area contributed by atoms with Crippen LogP contribution in [0.3, 0.4) is 0 Å². The Labute approximate surface area is 151 Å². The SMILES string of the molecule is CCCCC(NC(=O)CN(CC(=O)O)C(=O)NCC(=O)OC)C(=O)OC. The minimum Gasteiger partial charge on any atom is -0.480 e. The number of aliphatic carboxylic acids is 1. The Morgan fingerprint density at radius 3 is 2.23 bits per heavy atom. The highest BCUT2D eigenvalue weighted by Gasteiger charge is 2.25. The summed E-state index contributed by atoms with van der Waals surface area (Å²) in [4.78, 5) is 58.4. The van der Waals surface area contributed by atoms with Gasteiger partial charge in [0.2, 0.25) is 5.91 Å². The van der Waals surface area contributed by atoms with Gasteiger partial charge in [-0.2, -0.15) is 0 Å². The molecule has 0 rings (SSSR count). The van der Waals surface area contributed by atoms with Crippen molar-refractivity contribution >= 4 is 29.8 Å². The zero-order chi connectivity index (χ0) is 20.1. The van der Waals surface area contributed by atoms with Crippen molar-refractivity contribution in [2.24, 2.45) is 0 Å². The molecule has 0 aliphatic heterocycles. The minimum absolute atomic E-state index is 0.350. The molecule has 0 aromatic heterocycles. The number of unbranched alkanes of at least 4 members (excludes halogenated alkanes) is 1. The monoisotopic (exact) mass is 375 g/mol. The van der Waals surface area contributed by atoms with E-state index in [0.717, 1.165) is 13.5 Å². The number of amides is 3. The number of rotatable bonds is 11. The van der Waals surface area contributed by atoms with Crippen molar-refractivity contribution in [3.8, 4) is 0 Å². The number of carboxylic acids is 1. The van der Waals surface area contributed by atoms with Crippen LogP contribution in [0.2, 0.25) is 0 Å². The van der Waals surface area contributed by atoms with Gasteiger partial charge in [0.1, 0.15) is 25.7 Å². The Morgan fingerprint density at radius 1 is 1.08 bits per heavy atom. The normalized spacial score (nSPS) is 11.0. The van der Waals surface area contributed by atoms with Gasteiger partial charge in [0.25, 0.3) is 0 Å². The molecule has 0 heterocycles. The lowest BCUT2D eigenvalue weighted by Gasteiger charge is -2.22. The molecule has 3 N–H and O–H groups in total. The van der Waals surface area contributed by atoms with Gasteiger partial charge in [-0.1, -0.05) is 19.8 Å². The fourth-order valence-corrected chi connectivity index (χ4v) is 1.91. The molecule has 0 bridgehead atoms. The van der Waals surface area contributed by atoms with Crippen LogP contribution in [0, 0.1) is 0 Å². The van der Waals surface area contributed by atoms with Gasteiger partial charge in [0, 0.05) is 0 Å². The predicted molar refractivity (Wildman–Crippen MR) is 88.1 cm³/mol. The third-order valence-corrected chi connectivity index (χ3v) is 3.23. The van der Waals surface area contributed by atoms with Gasteiger partial charge in [-0.25, -0.2) is 9.59 Å². The van der Waals surface area contributed by atoms with Crippen molar-refractivity contribution in [2.45, 2.75) is 32.2 Å². The van der Waals surface area contributed by atoms with Gasteiger partial charge in [0.05, 0.1) is 14.2 Å². The van der Waals surface area contributed by atoms with E-state index in [-0.39, 0.29) is 0 Å². The Balaban J connectivity index is 4.87. The van der Waals surface area contributed by atoms with Crippen LogP contribution in [0.15, 0.2) is 0 Å². The molecule has 0 aromatic rings. The number of nitrogens with one attached hydrogen (secondary N) is 2. The van der Waals surface area contributed by atoms with Crippen molar-refractivity contribution < 1.29 is 38.6 Å². The molecule has 0 saturated heterocycles. The maximum Gasteiger partial charge on any atom is 0.328 e. The van der Waals surface area contributed by atoms with Gasteiger partial charge in [-0.05, 0) is 6.42 Å². The summed E-state index contributed by atoms with van der Waals surface area (Å²) in [7, 11) is 2.31. The predicted octanol–water partition coefficient (Wildman–Crippen LogP) is -0.896. The fourth-order valence-electron chi connectivity index (χ4n) is 1.91. The molecule has 11 nitrogen and oxygen atoms in total. The van der Waals surface area contributed by atoms with Crippen molar-refractivity contribution in [3.05, 3.63) is 0 Å². The molecule has 26 heavy (non-hydrogen) atoms. The lowest BCUT2D eigenvalue weighted by Crippen LogP contribution is -2.51. The first kappa shape index (κ1) is 23.1. The van der Waals surface area contributed by atoms with Crippen LogP contribution in [0.5, 0.6) is 0 Å². The first-order valence-corrected chi connectivity index (χ1v) is 7.93. The summed E-state index contributed by atoms with van der Waals surface area (Å²) in [5, 5.41) is 13.4. The average Bonchev–Trinajstić information content (AvgIpc) is 2.60. The molecule has 1 atom stereocenters. The molecule has 1 unspecified atom stereocenters. The molecule has 0 fully saturated rings. The van der Waals surface area contributed by atoms with Crippen LogP contribution in [0.25, 0.3) is 0 Å². The van der Waals surface area contributed by atoms with Crippen molar-refractivity contribution in [1.29, 1.82) is 0 Å². The highest BCUT2D eigenvalue weighted by atomic mass is 16.5. The first-order chi connectivity index (χ1) is 12.2. The van der Waals surface area contributed by atoms with E-state index in [1.807, 2.05) is 6.92 Å². The number of urea groups is 1. The van der Waals surface area contributed by atoms with Crippen LogP contribution in [-0.4, -0.2) is 79.7 Å². The Morgan fingerprint density at radius 2 is 1.73 bits per heavy atom. The highest BCUT2D eigenvalue weighted by molar-refractivity contribution is 5.90. The molecular weight excluding hydrogens is 350 g/mol. The van der Waals surface area contributed by atoms with Crippen LogP contribution in [0.4, 0.5) is 4.79 Å². The number of hydrogen-bond donors (Lipinski definition) is 3. The number of carbonyl (C=O) groups excluding carboxylic acids is 4. The summed E-state index contributed by atoms with van der Waals surface area (Å²) in [6, 6.07) is -1.83. The summed E-state index contributed by atoms with van der Waals surface area (Å²) in [5.41, 5.74) is 0. The van der Waals surface area contributed by atoms with Gasteiger partial charge in [-0.3, -0.25) is 14.4 Å². The lowest BCUT2D eigenvalue weighted by atomic mass is 10.1. The van der Waals surface area contributed by atoms with Gasteiger partial charge in [0.15, 0.2) is 0 Å². The standard InChI is InChI=1S/C15H25N3O8/c1-4-5-6-10(14(23)26-3)17-11(19)8-18(9-12(20)21)15(24)16-7-13(22)25-2/h10H,4-9H2,1-3H3,(H,16,24)(H,17,19)(H,20,21). The van der Waals surface area contributed by atoms with E-state index in [0.29, 0.717) is 17.7 Å². The van der Waals surface area contributed by atoms with E-state index in [2.05, 4.69) is 20.1 Å². The topological polar surface area (TPSA) is 151 Å². The second-order valence-electron chi connectivity index (χ2n) is 5.27. The van der Waals surface area contributed by atoms with Gasteiger partial charge < -0.3 is 30.1 Å². The largest absolute Gasteiger partial charge is 0.480 e. The number of esters is 2. The maximum atomic E-state index is 12.1.